The van der Waals surface area contributed by atoms with Crippen molar-refractivity contribution < 1.29 is 9.59 Å². The number of rotatable bonds is 9. The highest BCUT2D eigenvalue weighted by Crippen LogP contribution is 2.15. The van der Waals surface area contributed by atoms with Crippen LogP contribution in [0.2, 0.25) is 0 Å². The Labute approximate surface area is 146 Å². The van der Waals surface area contributed by atoms with E-state index in [-0.39, 0.29) is 24.3 Å². The number of carbonyl (C=O) groups is 2. The normalized spacial score (nSPS) is 18.0. The third kappa shape index (κ3) is 8.08. The molecule has 0 radical (unpaired) electrons. The first kappa shape index (κ1) is 20.9. The van der Waals surface area contributed by atoms with Crippen LogP contribution in [0.5, 0.6) is 0 Å². The van der Waals surface area contributed by atoms with Crippen molar-refractivity contribution in [3.8, 4) is 0 Å². The van der Waals surface area contributed by atoms with Crippen LogP contribution in [0.15, 0.2) is 0 Å². The summed E-state index contributed by atoms with van der Waals surface area (Å²) in [6.07, 6.45) is 2.22. The molecule has 1 saturated heterocycles. The standard InChI is InChI=1S/C17H35N5O2/c1-13(2)16(18)17(24)20-12-15(23)19-11-14-5-7-22(8-6-14)10-9-21(3)4/h13-14,16H,5-12,18H2,1-4H3,(H,19,23)(H,20,24)/t16-/m0/s1. The molecular weight excluding hydrogens is 306 g/mol. The summed E-state index contributed by atoms with van der Waals surface area (Å²) in [7, 11) is 4.18. The lowest BCUT2D eigenvalue weighted by Gasteiger charge is -2.32. The predicted octanol–water partition coefficient (Wildman–Crippen LogP) is -0.524. The van der Waals surface area contributed by atoms with Crippen LogP contribution < -0.4 is 16.4 Å². The topological polar surface area (TPSA) is 90.7 Å². The average Bonchev–Trinajstić information content (AvgIpc) is 2.55. The van der Waals surface area contributed by atoms with Crippen LogP contribution >= 0.6 is 0 Å². The molecule has 1 aliphatic heterocycles. The van der Waals surface area contributed by atoms with Crippen LogP contribution in [-0.2, 0) is 9.59 Å². The first-order valence-corrected chi connectivity index (χ1v) is 8.96. The van der Waals surface area contributed by atoms with Gasteiger partial charge in [-0.15, -0.1) is 0 Å². The monoisotopic (exact) mass is 341 g/mol. The fraction of sp³-hybridized carbons (Fsp3) is 0.882. The molecule has 1 heterocycles. The van der Waals surface area contributed by atoms with Gasteiger partial charge in [0, 0.05) is 19.6 Å². The Kier molecular flexibility index (Phi) is 9.25. The zero-order valence-corrected chi connectivity index (χ0v) is 15.7. The molecule has 0 aromatic carbocycles. The molecule has 24 heavy (non-hydrogen) atoms. The Morgan fingerprint density at radius 2 is 1.83 bits per heavy atom. The van der Waals surface area contributed by atoms with Crippen LogP contribution in [-0.4, -0.2) is 81.0 Å². The Balaban J connectivity index is 2.14. The number of piperidine rings is 1. The van der Waals surface area contributed by atoms with Gasteiger partial charge in [0.1, 0.15) is 0 Å². The number of nitrogens with one attached hydrogen (secondary N) is 2. The third-order valence-electron chi connectivity index (χ3n) is 4.60. The van der Waals surface area contributed by atoms with Crippen LogP contribution in [0.1, 0.15) is 26.7 Å². The number of nitrogens with zero attached hydrogens (tertiary/aromatic N) is 2. The molecule has 0 unspecified atom stereocenters. The maximum absolute atomic E-state index is 11.8. The summed E-state index contributed by atoms with van der Waals surface area (Å²) in [5, 5.41) is 5.52. The molecule has 0 bridgehead atoms. The number of likely N-dealkylation sites (tertiary alicyclic amines) is 1. The molecule has 0 aliphatic carbocycles. The van der Waals surface area contributed by atoms with Crippen LogP contribution in [0.3, 0.4) is 0 Å². The Bertz CT molecular complexity index is 392. The molecule has 1 rings (SSSR count). The summed E-state index contributed by atoms with van der Waals surface area (Å²) in [4.78, 5) is 28.2. The minimum Gasteiger partial charge on any atom is -0.354 e. The van der Waals surface area contributed by atoms with E-state index in [0.717, 1.165) is 39.0 Å². The zero-order chi connectivity index (χ0) is 18.1. The van der Waals surface area contributed by atoms with Gasteiger partial charge in [-0.3, -0.25) is 9.59 Å². The summed E-state index contributed by atoms with van der Waals surface area (Å²) in [5.74, 6) is 0.174. The van der Waals surface area contributed by atoms with Gasteiger partial charge in [-0.2, -0.15) is 0 Å². The Morgan fingerprint density at radius 1 is 1.21 bits per heavy atom. The zero-order valence-electron chi connectivity index (χ0n) is 15.7. The molecular formula is C17H35N5O2. The van der Waals surface area contributed by atoms with Crippen molar-refractivity contribution in [2.24, 2.45) is 17.6 Å². The lowest BCUT2D eigenvalue weighted by Crippen LogP contribution is -2.48. The van der Waals surface area contributed by atoms with Crippen molar-refractivity contribution in [1.82, 2.24) is 20.4 Å². The van der Waals surface area contributed by atoms with E-state index in [1.807, 2.05) is 13.8 Å². The smallest absolute Gasteiger partial charge is 0.239 e. The second-order valence-electron chi connectivity index (χ2n) is 7.38. The number of carbonyl (C=O) groups excluding carboxylic acids is 2. The fourth-order valence-electron chi connectivity index (χ4n) is 2.66. The van der Waals surface area contributed by atoms with E-state index < -0.39 is 6.04 Å². The Morgan fingerprint density at radius 3 is 2.38 bits per heavy atom. The van der Waals surface area contributed by atoms with Gasteiger partial charge >= 0.3 is 0 Å². The van der Waals surface area contributed by atoms with Gasteiger partial charge in [0.25, 0.3) is 0 Å². The van der Waals surface area contributed by atoms with E-state index in [2.05, 4.69) is 34.5 Å². The van der Waals surface area contributed by atoms with Crippen molar-refractivity contribution in [3.05, 3.63) is 0 Å². The molecule has 1 atom stereocenters. The average molecular weight is 342 g/mol. The van der Waals surface area contributed by atoms with Crippen molar-refractivity contribution in [3.63, 3.8) is 0 Å². The molecule has 140 valence electrons. The molecule has 7 nitrogen and oxygen atoms in total. The molecule has 7 heteroatoms. The number of likely N-dealkylation sites (N-methyl/N-ethyl adjacent to an activating group) is 1. The molecule has 0 saturated carbocycles. The second-order valence-corrected chi connectivity index (χ2v) is 7.38. The van der Waals surface area contributed by atoms with E-state index in [1.54, 1.807) is 0 Å². The highest BCUT2D eigenvalue weighted by molar-refractivity contribution is 5.87. The quantitative estimate of drug-likeness (QED) is 0.525. The highest BCUT2D eigenvalue weighted by Gasteiger charge is 2.20. The van der Waals surface area contributed by atoms with Crippen LogP contribution in [0, 0.1) is 11.8 Å². The van der Waals surface area contributed by atoms with Crippen molar-refractivity contribution in [1.29, 1.82) is 0 Å². The van der Waals surface area contributed by atoms with Gasteiger partial charge in [-0.25, -0.2) is 0 Å². The lowest BCUT2D eigenvalue weighted by atomic mass is 9.97. The Hall–Kier alpha value is -1.18. The van der Waals surface area contributed by atoms with E-state index in [0.29, 0.717) is 12.5 Å². The summed E-state index contributed by atoms with van der Waals surface area (Å²) in [5.41, 5.74) is 5.74. The van der Waals surface area contributed by atoms with Gasteiger partial charge in [0.2, 0.25) is 11.8 Å². The summed E-state index contributed by atoms with van der Waals surface area (Å²) >= 11 is 0. The van der Waals surface area contributed by atoms with E-state index >= 15 is 0 Å². The summed E-state index contributed by atoms with van der Waals surface area (Å²) in [6.45, 7) is 8.83. The minimum atomic E-state index is -0.565. The number of hydrogen-bond donors (Lipinski definition) is 3. The molecule has 0 spiro atoms. The van der Waals surface area contributed by atoms with Crippen molar-refractivity contribution in [2.75, 3.05) is 53.4 Å². The second kappa shape index (κ2) is 10.6. The van der Waals surface area contributed by atoms with E-state index in [4.69, 9.17) is 5.73 Å². The van der Waals surface area contributed by atoms with E-state index in [9.17, 15) is 9.59 Å². The summed E-state index contributed by atoms with van der Waals surface area (Å²) in [6, 6.07) is -0.565. The van der Waals surface area contributed by atoms with Crippen molar-refractivity contribution in [2.45, 2.75) is 32.7 Å². The van der Waals surface area contributed by atoms with E-state index in [1.165, 1.54) is 0 Å². The maximum atomic E-state index is 11.8. The van der Waals surface area contributed by atoms with Gasteiger partial charge in [-0.1, -0.05) is 13.8 Å². The molecule has 4 N–H and O–H groups in total. The predicted molar refractivity (Wildman–Crippen MR) is 96.6 cm³/mol. The molecule has 2 amide bonds. The lowest BCUT2D eigenvalue weighted by molar-refractivity contribution is -0.127. The first-order chi connectivity index (χ1) is 11.3. The number of hydrogen-bond acceptors (Lipinski definition) is 5. The molecule has 0 aromatic heterocycles. The SMILES string of the molecule is CC(C)[C@H](N)C(=O)NCC(=O)NCC1CCN(CCN(C)C)CC1. The molecule has 1 aliphatic rings. The fourth-order valence-corrected chi connectivity index (χ4v) is 2.66. The van der Waals surface area contributed by atoms with Gasteiger partial charge in [0.05, 0.1) is 12.6 Å². The minimum absolute atomic E-state index is 0.000926. The molecule has 0 aromatic rings. The van der Waals surface area contributed by atoms with Gasteiger partial charge in [-0.05, 0) is 51.9 Å². The van der Waals surface area contributed by atoms with Crippen LogP contribution in [0.4, 0.5) is 0 Å². The summed E-state index contributed by atoms with van der Waals surface area (Å²) < 4.78 is 0. The number of nitrogens with two attached hydrogens (primary N) is 1. The van der Waals surface area contributed by atoms with Gasteiger partial charge in [0.15, 0.2) is 0 Å². The largest absolute Gasteiger partial charge is 0.354 e. The molecule has 1 fully saturated rings. The van der Waals surface area contributed by atoms with Crippen molar-refractivity contribution >= 4 is 11.8 Å². The first-order valence-electron chi connectivity index (χ1n) is 8.96. The highest BCUT2D eigenvalue weighted by atomic mass is 16.2. The third-order valence-corrected chi connectivity index (χ3v) is 4.60. The number of amides is 2. The van der Waals surface area contributed by atoms with Crippen LogP contribution in [0.25, 0.3) is 0 Å². The van der Waals surface area contributed by atoms with Gasteiger partial charge < -0.3 is 26.2 Å². The maximum Gasteiger partial charge on any atom is 0.239 e.